The largest absolute Gasteiger partial charge is 0.342 e. The minimum atomic E-state index is 0.0333. The van der Waals surface area contributed by atoms with Crippen LogP contribution in [-0.4, -0.2) is 4.57 Å². The van der Waals surface area contributed by atoms with Gasteiger partial charge >= 0.3 is 0 Å². The number of halogens is 1. The molecule has 0 saturated heterocycles. The standard InChI is InChI=1S/C12H10BrNO/c1-2-7-14-8-10(13)12(15)9-5-3-4-6-11(9)14/h2-6,8H,1,7H2. The number of fused-ring (bicyclic) bond motifs is 1. The van der Waals surface area contributed by atoms with Crippen molar-refractivity contribution < 1.29 is 0 Å². The maximum Gasteiger partial charge on any atom is 0.203 e. The van der Waals surface area contributed by atoms with Crippen LogP contribution in [0.25, 0.3) is 10.9 Å². The summed E-state index contributed by atoms with van der Waals surface area (Å²) in [5.74, 6) is 0. The number of pyridine rings is 1. The van der Waals surface area contributed by atoms with E-state index in [1.54, 1.807) is 6.20 Å². The summed E-state index contributed by atoms with van der Waals surface area (Å²) in [7, 11) is 0. The SMILES string of the molecule is C=CCn1cc(Br)c(=O)c2ccccc21. The van der Waals surface area contributed by atoms with Crippen LogP contribution in [-0.2, 0) is 6.54 Å². The average Bonchev–Trinajstić information content (AvgIpc) is 2.26. The Kier molecular flexibility index (Phi) is 2.73. The number of nitrogens with zero attached hydrogens (tertiary/aromatic N) is 1. The molecule has 2 nitrogen and oxygen atoms in total. The first kappa shape index (κ1) is 10.2. The van der Waals surface area contributed by atoms with E-state index >= 15 is 0 Å². The van der Waals surface area contributed by atoms with Crippen molar-refractivity contribution in [2.45, 2.75) is 6.54 Å². The van der Waals surface area contributed by atoms with Gasteiger partial charge in [-0.1, -0.05) is 18.2 Å². The van der Waals surface area contributed by atoms with Crippen molar-refractivity contribution in [1.82, 2.24) is 4.57 Å². The van der Waals surface area contributed by atoms with Gasteiger partial charge in [0.25, 0.3) is 0 Å². The van der Waals surface area contributed by atoms with E-state index in [4.69, 9.17) is 0 Å². The number of hydrogen-bond donors (Lipinski definition) is 0. The van der Waals surface area contributed by atoms with Gasteiger partial charge in [0.05, 0.1) is 9.99 Å². The molecule has 0 atom stereocenters. The molecule has 0 unspecified atom stereocenters. The highest BCUT2D eigenvalue weighted by molar-refractivity contribution is 9.10. The highest BCUT2D eigenvalue weighted by Gasteiger charge is 2.04. The summed E-state index contributed by atoms with van der Waals surface area (Å²) in [6.07, 6.45) is 3.61. The Hall–Kier alpha value is -1.35. The van der Waals surface area contributed by atoms with Crippen LogP contribution in [0.1, 0.15) is 0 Å². The molecule has 3 heteroatoms. The zero-order chi connectivity index (χ0) is 10.8. The van der Waals surface area contributed by atoms with Gasteiger partial charge in [0, 0.05) is 18.1 Å². The van der Waals surface area contributed by atoms with Crippen molar-refractivity contribution in [3.63, 3.8) is 0 Å². The smallest absolute Gasteiger partial charge is 0.203 e. The van der Waals surface area contributed by atoms with E-state index in [0.717, 1.165) is 10.9 Å². The summed E-state index contributed by atoms with van der Waals surface area (Å²) in [5.41, 5.74) is 0.969. The van der Waals surface area contributed by atoms with Crippen molar-refractivity contribution in [1.29, 1.82) is 0 Å². The van der Waals surface area contributed by atoms with Gasteiger partial charge in [-0.25, -0.2) is 0 Å². The fourth-order valence-electron chi connectivity index (χ4n) is 1.60. The van der Waals surface area contributed by atoms with Gasteiger partial charge in [0.15, 0.2) is 0 Å². The molecule has 15 heavy (non-hydrogen) atoms. The molecule has 0 aliphatic heterocycles. The van der Waals surface area contributed by atoms with Crippen LogP contribution in [0.3, 0.4) is 0 Å². The maximum absolute atomic E-state index is 11.8. The molecule has 1 aromatic carbocycles. The first-order valence-corrected chi connectivity index (χ1v) is 5.42. The minimum absolute atomic E-state index is 0.0333. The molecular formula is C12H10BrNO. The number of allylic oxidation sites excluding steroid dienone is 1. The fraction of sp³-hybridized carbons (Fsp3) is 0.0833. The summed E-state index contributed by atoms with van der Waals surface area (Å²) in [5, 5.41) is 0.730. The molecule has 1 heterocycles. The van der Waals surface area contributed by atoms with Crippen LogP contribution >= 0.6 is 15.9 Å². The van der Waals surface area contributed by atoms with Crippen LogP contribution in [0.15, 0.2) is 52.4 Å². The minimum Gasteiger partial charge on any atom is -0.342 e. The number of aromatic nitrogens is 1. The number of benzene rings is 1. The van der Waals surface area contributed by atoms with Gasteiger partial charge in [-0.05, 0) is 28.1 Å². The van der Waals surface area contributed by atoms with E-state index in [0.29, 0.717) is 11.0 Å². The normalized spacial score (nSPS) is 10.5. The average molecular weight is 264 g/mol. The second kappa shape index (κ2) is 4.03. The highest BCUT2D eigenvalue weighted by Crippen LogP contribution is 2.14. The molecule has 0 fully saturated rings. The first-order chi connectivity index (χ1) is 7.24. The monoisotopic (exact) mass is 263 g/mol. The number of rotatable bonds is 2. The second-order valence-corrected chi connectivity index (χ2v) is 4.12. The van der Waals surface area contributed by atoms with Gasteiger partial charge in [-0.3, -0.25) is 4.79 Å². The van der Waals surface area contributed by atoms with E-state index in [1.165, 1.54) is 0 Å². The summed E-state index contributed by atoms with van der Waals surface area (Å²) in [4.78, 5) is 11.8. The van der Waals surface area contributed by atoms with Crippen molar-refractivity contribution in [2.75, 3.05) is 0 Å². The van der Waals surface area contributed by atoms with E-state index < -0.39 is 0 Å². The molecule has 0 spiro atoms. The number of para-hydroxylation sites is 1. The topological polar surface area (TPSA) is 22.0 Å². The summed E-state index contributed by atoms with van der Waals surface area (Å²) < 4.78 is 2.58. The van der Waals surface area contributed by atoms with E-state index in [-0.39, 0.29) is 5.43 Å². The highest BCUT2D eigenvalue weighted by atomic mass is 79.9. The van der Waals surface area contributed by atoms with Crippen LogP contribution in [0, 0.1) is 0 Å². The Balaban J connectivity index is 2.87. The second-order valence-electron chi connectivity index (χ2n) is 3.26. The Bertz CT molecular complexity index is 571. The van der Waals surface area contributed by atoms with Crippen LogP contribution < -0.4 is 5.43 Å². The molecule has 0 amide bonds. The van der Waals surface area contributed by atoms with Crippen molar-refractivity contribution in [2.24, 2.45) is 0 Å². The Morgan fingerprint density at radius 1 is 1.40 bits per heavy atom. The van der Waals surface area contributed by atoms with Gasteiger partial charge in [-0.15, -0.1) is 6.58 Å². The summed E-state index contributed by atoms with van der Waals surface area (Å²) in [6, 6.07) is 7.57. The molecule has 0 N–H and O–H groups in total. The van der Waals surface area contributed by atoms with E-state index in [2.05, 4.69) is 22.5 Å². The molecular weight excluding hydrogens is 254 g/mol. The van der Waals surface area contributed by atoms with Crippen molar-refractivity contribution in [3.05, 3.63) is 57.8 Å². The zero-order valence-electron chi connectivity index (χ0n) is 8.11. The van der Waals surface area contributed by atoms with E-state index in [1.807, 2.05) is 34.9 Å². The molecule has 0 saturated carbocycles. The van der Waals surface area contributed by atoms with Gasteiger partial charge < -0.3 is 4.57 Å². The van der Waals surface area contributed by atoms with Gasteiger partial charge in [0.1, 0.15) is 0 Å². The third kappa shape index (κ3) is 1.75. The molecule has 76 valence electrons. The third-order valence-electron chi connectivity index (χ3n) is 2.27. The van der Waals surface area contributed by atoms with E-state index in [9.17, 15) is 4.79 Å². The quantitative estimate of drug-likeness (QED) is 0.764. The Labute approximate surface area is 96.0 Å². The zero-order valence-corrected chi connectivity index (χ0v) is 9.70. The van der Waals surface area contributed by atoms with Crippen LogP contribution in [0.5, 0.6) is 0 Å². The molecule has 0 aliphatic rings. The molecule has 0 bridgehead atoms. The molecule has 1 aromatic heterocycles. The van der Waals surface area contributed by atoms with Crippen LogP contribution in [0.4, 0.5) is 0 Å². The van der Waals surface area contributed by atoms with Gasteiger partial charge in [-0.2, -0.15) is 0 Å². The summed E-state index contributed by atoms with van der Waals surface area (Å²) in [6.45, 7) is 4.39. The molecule has 0 radical (unpaired) electrons. The lowest BCUT2D eigenvalue weighted by atomic mass is 10.2. The Morgan fingerprint density at radius 3 is 2.87 bits per heavy atom. The lowest BCUT2D eigenvalue weighted by molar-refractivity contribution is 0.848. The molecule has 2 rings (SSSR count). The van der Waals surface area contributed by atoms with Crippen LogP contribution in [0.2, 0.25) is 0 Å². The summed E-state index contributed by atoms with van der Waals surface area (Å²) >= 11 is 3.27. The third-order valence-corrected chi connectivity index (χ3v) is 2.83. The predicted octanol–water partition coefficient (Wildman–Crippen LogP) is 2.95. The van der Waals surface area contributed by atoms with Crippen molar-refractivity contribution in [3.8, 4) is 0 Å². The lowest BCUT2D eigenvalue weighted by Crippen LogP contribution is -2.09. The lowest BCUT2D eigenvalue weighted by Gasteiger charge is -2.08. The fourth-order valence-corrected chi connectivity index (χ4v) is 2.06. The number of hydrogen-bond acceptors (Lipinski definition) is 1. The molecule has 0 aliphatic carbocycles. The Morgan fingerprint density at radius 2 is 2.13 bits per heavy atom. The van der Waals surface area contributed by atoms with Gasteiger partial charge in [0.2, 0.25) is 5.43 Å². The maximum atomic E-state index is 11.8. The first-order valence-electron chi connectivity index (χ1n) is 4.62. The predicted molar refractivity (Wildman–Crippen MR) is 66.1 cm³/mol. The van der Waals surface area contributed by atoms with Crippen molar-refractivity contribution >= 4 is 26.8 Å². The molecule has 2 aromatic rings.